The average Bonchev–Trinajstić information content (AvgIpc) is 3.13. The van der Waals surface area contributed by atoms with Crippen LogP contribution in [0.1, 0.15) is 12.8 Å². The molecular formula is C22H15Cl2FN4O3. The number of fused-ring (bicyclic) bond motifs is 1. The summed E-state index contributed by atoms with van der Waals surface area (Å²) < 4.78 is 20.5. The topological polar surface area (TPSA) is 101 Å². The van der Waals surface area contributed by atoms with E-state index in [2.05, 4.69) is 19.9 Å². The lowest BCUT2D eigenvalue weighted by Crippen LogP contribution is -2.38. The Balaban J connectivity index is 1.34. The predicted molar refractivity (Wildman–Crippen MR) is 117 cm³/mol. The van der Waals surface area contributed by atoms with Crippen LogP contribution in [0.4, 0.5) is 4.39 Å². The highest BCUT2D eigenvalue weighted by molar-refractivity contribution is 6.42. The number of H-pyrrole nitrogens is 1. The molecule has 0 aliphatic heterocycles. The monoisotopic (exact) mass is 472 g/mol. The SMILES string of the molecule is O=C(O)[C@H]1C[C@@H](Oc2ncc(-c3ccc(-c4nc5cc(Cl)c(Cl)cc5[nH]4)c(F)c3)cn2)C1. The van der Waals surface area contributed by atoms with Gasteiger partial charge >= 0.3 is 12.0 Å². The highest BCUT2D eigenvalue weighted by Gasteiger charge is 2.36. The molecule has 0 spiro atoms. The number of carboxylic acid groups (broad SMARTS) is 1. The first-order valence-electron chi connectivity index (χ1n) is 9.74. The molecule has 2 N–H and O–H groups in total. The van der Waals surface area contributed by atoms with E-state index in [4.69, 9.17) is 33.0 Å². The van der Waals surface area contributed by atoms with Gasteiger partial charge in [0.25, 0.3) is 0 Å². The summed E-state index contributed by atoms with van der Waals surface area (Å²) in [6, 6.07) is 8.18. The van der Waals surface area contributed by atoms with Crippen molar-refractivity contribution >= 4 is 40.2 Å². The van der Waals surface area contributed by atoms with Crippen LogP contribution in [0.15, 0.2) is 42.7 Å². The number of hydrogen-bond donors (Lipinski definition) is 2. The Bertz CT molecular complexity index is 1300. The third-order valence-corrected chi connectivity index (χ3v) is 6.15. The fourth-order valence-corrected chi connectivity index (χ4v) is 3.88. The van der Waals surface area contributed by atoms with Crippen molar-refractivity contribution in [3.63, 3.8) is 0 Å². The third-order valence-electron chi connectivity index (χ3n) is 5.43. The first kappa shape index (κ1) is 20.7. The van der Waals surface area contributed by atoms with E-state index in [1.54, 1.807) is 24.3 Å². The molecule has 32 heavy (non-hydrogen) atoms. The van der Waals surface area contributed by atoms with Crippen molar-refractivity contribution in [1.29, 1.82) is 0 Å². The zero-order valence-corrected chi connectivity index (χ0v) is 17.9. The Labute approximate surface area is 191 Å². The predicted octanol–water partition coefficient (Wildman–Crippen LogP) is 5.37. The van der Waals surface area contributed by atoms with E-state index in [1.807, 2.05) is 0 Å². The number of benzene rings is 2. The van der Waals surface area contributed by atoms with Crippen molar-refractivity contribution in [3.8, 4) is 28.5 Å². The molecule has 4 aromatic rings. The fourth-order valence-electron chi connectivity index (χ4n) is 3.56. The molecule has 0 unspecified atom stereocenters. The van der Waals surface area contributed by atoms with Gasteiger partial charge in [0.1, 0.15) is 17.7 Å². The van der Waals surface area contributed by atoms with Crippen LogP contribution in [0.5, 0.6) is 6.01 Å². The van der Waals surface area contributed by atoms with Gasteiger partial charge in [-0.1, -0.05) is 29.3 Å². The molecule has 0 bridgehead atoms. The van der Waals surface area contributed by atoms with Crippen molar-refractivity contribution in [2.45, 2.75) is 18.9 Å². The lowest BCUT2D eigenvalue weighted by molar-refractivity contribution is -0.148. The molecule has 1 aliphatic carbocycles. The van der Waals surface area contributed by atoms with Gasteiger partial charge in [0, 0.05) is 18.0 Å². The van der Waals surface area contributed by atoms with E-state index in [9.17, 15) is 9.18 Å². The third kappa shape index (κ3) is 3.87. The standard InChI is InChI=1S/C22H15Cl2FN4O3/c23-15-6-18-19(7-16(15)24)29-20(28-18)14-2-1-10(5-17(14)25)12-8-26-22(27-9-12)32-13-3-11(4-13)21(30)31/h1-2,5-9,11,13H,3-4H2,(H,28,29)(H,30,31)/t11-,13+. The number of imidazole rings is 1. The van der Waals surface area contributed by atoms with Crippen molar-refractivity contribution in [3.05, 3.63) is 58.6 Å². The molecule has 162 valence electrons. The zero-order valence-electron chi connectivity index (χ0n) is 16.3. The van der Waals surface area contributed by atoms with Gasteiger partial charge in [-0.15, -0.1) is 0 Å². The fraction of sp³-hybridized carbons (Fsp3) is 0.182. The second-order valence-corrected chi connectivity index (χ2v) is 8.38. The highest BCUT2D eigenvalue weighted by atomic mass is 35.5. The molecule has 2 aromatic carbocycles. The molecule has 5 rings (SSSR count). The Kier molecular flexibility index (Phi) is 5.19. The van der Waals surface area contributed by atoms with Crippen molar-refractivity contribution in [2.75, 3.05) is 0 Å². The maximum absolute atomic E-state index is 14.9. The number of hydrogen-bond acceptors (Lipinski definition) is 5. The van der Waals surface area contributed by atoms with Crippen molar-refractivity contribution < 1.29 is 19.0 Å². The number of halogens is 3. The number of rotatable bonds is 5. The Morgan fingerprint density at radius 3 is 2.50 bits per heavy atom. The van der Waals surface area contributed by atoms with Gasteiger partial charge in [0.15, 0.2) is 0 Å². The maximum atomic E-state index is 14.9. The maximum Gasteiger partial charge on any atom is 0.316 e. The second kappa shape index (κ2) is 8.03. The minimum atomic E-state index is -0.818. The summed E-state index contributed by atoms with van der Waals surface area (Å²) in [5.41, 5.74) is 2.75. The lowest BCUT2D eigenvalue weighted by Gasteiger charge is -2.31. The van der Waals surface area contributed by atoms with Crippen LogP contribution < -0.4 is 4.74 Å². The van der Waals surface area contributed by atoms with Crippen molar-refractivity contribution in [2.24, 2.45) is 5.92 Å². The normalized spacial score (nSPS) is 17.8. The number of ether oxygens (including phenoxy) is 1. The van der Waals surface area contributed by atoms with Gasteiger partial charge in [-0.2, -0.15) is 0 Å². The van der Waals surface area contributed by atoms with E-state index in [1.165, 1.54) is 18.5 Å². The number of carbonyl (C=O) groups is 1. The number of nitrogens with zero attached hydrogens (tertiary/aromatic N) is 3. The molecule has 1 fully saturated rings. The first-order valence-corrected chi connectivity index (χ1v) is 10.5. The summed E-state index contributed by atoms with van der Waals surface area (Å²) >= 11 is 12.1. The molecule has 1 saturated carbocycles. The van der Waals surface area contributed by atoms with Crippen LogP contribution in [-0.2, 0) is 4.79 Å². The molecule has 0 radical (unpaired) electrons. The summed E-state index contributed by atoms with van der Waals surface area (Å²) in [5.74, 6) is -1.29. The quantitative estimate of drug-likeness (QED) is 0.404. The minimum Gasteiger partial charge on any atom is -0.481 e. The van der Waals surface area contributed by atoms with Gasteiger partial charge in [-0.25, -0.2) is 19.3 Å². The Morgan fingerprint density at radius 1 is 1.09 bits per heavy atom. The molecule has 2 aromatic heterocycles. The summed E-state index contributed by atoms with van der Waals surface area (Å²) in [6.45, 7) is 0. The van der Waals surface area contributed by atoms with Crippen LogP contribution in [0.25, 0.3) is 33.5 Å². The van der Waals surface area contributed by atoms with Crippen molar-refractivity contribution in [1.82, 2.24) is 19.9 Å². The molecule has 0 amide bonds. The van der Waals surface area contributed by atoms with E-state index in [-0.39, 0.29) is 18.0 Å². The summed E-state index contributed by atoms with van der Waals surface area (Å²) in [5, 5.41) is 9.68. The van der Waals surface area contributed by atoms with Crippen LogP contribution in [0, 0.1) is 11.7 Å². The second-order valence-electron chi connectivity index (χ2n) is 7.56. The Morgan fingerprint density at radius 2 is 1.81 bits per heavy atom. The highest BCUT2D eigenvalue weighted by Crippen LogP contribution is 2.32. The first-order chi connectivity index (χ1) is 15.4. The number of nitrogens with one attached hydrogen (secondary N) is 1. The summed E-state index contributed by atoms with van der Waals surface area (Å²) in [7, 11) is 0. The van der Waals surface area contributed by atoms with Crippen LogP contribution in [-0.4, -0.2) is 37.1 Å². The van der Waals surface area contributed by atoms with Gasteiger partial charge in [-0.05, 0) is 42.7 Å². The van der Waals surface area contributed by atoms with Gasteiger partial charge in [0.2, 0.25) is 0 Å². The summed E-state index contributed by atoms with van der Waals surface area (Å²) in [6.07, 6.45) is 3.75. The smallest absolute Gasteiger partial charge is 0.316 e. The molecular weight excluding hydrogens is 458 g/mol. The number of aliphatic carboxylic acids is 1. The van der Waals surface area contributed by atoms with Crippen LogP contribution >= 0.6 is 23.2 Å². The lowest BCUT2D eigenvalue weighted by atomic mass is 9.82. The largest absolute Gasteiger partial charge is 0.481 e. The minimum absolute atomic E-state index is 0.166. The molecule has 2 heterocycles. The van der Waals surface area contributed by atoms with E-state index < -0.39 is 11.8 Å². The average molecular weight is 473 g/mol. The number of aromatic amines is 1. The van der Waals surface area contributed by atoms with Gasteiger partial charge in [-0.3, -0.25) is 4.79 Å². The molecule has 7 nitrogen and oxygen atoms in total. The number of aromatic nitrogens is 4. The van der Waals surface area contributed by atoms with Crippen LogP contribution in [0.2, 0.25) is 10.0 Å². The molecule has 0 atom stereocenters. The molecule has 10 heteroatoms. The van der Waals surface area contributed by atoms with E-state index in [0.717, 1.165) is 0 Å². The van der Waals surface area contributed by atoms with Crippen LogP contribution in [0.3, 0.4) is 0 Å². The number of carboxylic acids is 1. The molecule has 0 saturated heterocycles. The zero-order chi connectivity index (χ0) is 22.4. The Hall–Kier alpha value is -3.23. The van der Waals surface area contributed by atoms with Gasteiger partial charge in [0.05, 0.1) is 32.6 Å². The van der Waals surface area contributed by atoms with E-state index >= 15 is 0 Å². The van der Waals surface area contributed by atoms with E-state index in [0.29, 0.717) is 56.4 Å². The van der Waals surface area contributed by atoms with Gasteiger partial charge < -0.3 is 14.8 Å². The molecule has 1 aliphatic rings. The summed E-state index contributed by atoms with van der Waals surface area (Å²) in [4.78, 5) is 26.6.